The number of carbonyl (C=O) groups is 2. The topological polar surface area (TPSA) is 78.0 Å². The zero-order valence-electron chi connectivity index (χ0n) is 15.7. The van der Waals surface area contributed by atoms with Gasteiger partial charge in [0.05, 0.1) is 10.6 Å². The Morgan fingerprint density at radius 1 is 1.04 bits per heavy atom. The van der Waals surface area contributed by atoms with Crippen molar-refractivity contribution in [2.45, 2.75) is 11.8 Å². The van der Waals surface area contributed by atoms with Crippen molar-refractivity contribution in [3.63, 3.8) is 0 Å². The van der Waals surface area contributed by atoms with E-state index in [1.165, 1.54) is 12.1 Å². The van der Waals surface area contributed by atoms with Crippen molar-refractivity contribution in [1.82, 2.24) is 9.80 Å². The number of hydrogen-bond acceptors (Lipinski definition) is 4. The molecule has 0 N–H and O–H groups in total. The highest BCUT2D eigenvalue weighted by Gasteiger charge is 2.30. The Morgan fingerprint density at radius 3 is 2.32 bits per heavy atom. The molecule has 3 rings (SSSR count). The number of anilines is 1. The lowest BCUT2D eigenvalue weighted by Gasteiger charge is -2.34. The van der Waals surface area contributed by atoms with E-state index in [0.717, 1.165) is 16.3 Å². The van der Waals surface area contributed by atoms with Crippen LogP contribution in [0.25, 0.3) is 0 Å². The van der Waals surface area contributed by atoms with Crippen LogP contribution in [0.15, 0.2) is 59.5 Å². The van der Waals surface area contributed by atoms with Gasteiger partial charge in [0.2, 0.25) is 12.3 Å². The first-order valence-corrected chi connectivity index (χ1v) is 10.5. The summed E-state index contributed by atoms with van der Waals surface area (Å²) in [7, 11) is -3.90. The number of carbonyl (C=O) groups excluding carboxylic acids is 2. The molecule has 0 bridgehead atoms. The monoisotopic (exact) mass is 401 g/mol. The fourth-order valence-corrected chi connectivity index (χ4v) is 4.54. The lowest BCUT2D eigenvalue weighted by Crippen LogP contribution is -2.51. The molecule has 1 fully saturated rings. The molecule has 1 aliphatic heterocycles. The summed E-state index contributed by atoms with van der Waals surface area (Å²) in [6.07, 6.45) is 0.765. The van der Waals surface area contributed by atoms with Crippen molar-refractivity contribution in [3.05, 3.63) is 60.2 Å². The Hall–Kier alpha value is -2.87. The van der Waals surface area contributed by atoms with Crippen molar-refractivity contribution < 1.29 is 18.0 Å². The van der Waals surface area contributed by atoms with E-state index in [4.69, 9.17) is 0 Å². The predicted molar refractivity (Wildman–Crippen MR) is 106 cm³/mol. The third-order valence-electron chi connectivity index (χ3n) is 4.72. The van der Waals surface area contributed by atoms with Gasteiger partial charge in [-0.1, -0.05) is 30.3 Å². The van der Waals surface area contributed by atoms with Crippen molar-refractivity contribution >= 4 is 28.0 Å². The van der Waals surface area contributed by atoms with Crippen molar-refractivity contribution in [1.29, 1.82) is 0 Å². The molecular formula is C20H23N3O4S. The van der Waals surface area contributed by atoms with Gasteiger partial charge >= 0.3 is 0 Å². The maximum atomic E-state index is 13.3. The number of benzene rings is 2. The van der Waals surface area contributed by atoms with Crippen LogP contribution in [-0.2, 0) is 19.6 Å². The fourth-order valence-electron chi connectivity index (χ4n) is 3.12. The number of aryl methyl sites for hydroxylation is 1. The van der Waals surface area contributed by atoms with E-state index in [-0.39, 0.29) is 17.3 Å². The van der Waals surface area contributed by atoms with Crippen LogP contribution in [0.1, 0.15) is 5.56 Å². The molecular weight excluding hydrogens is 378 g/mol. The SMILES string of the molecule is Cc1cccc(N(CC(=O)N2CCN(C=O)CC2)S(=O)(=O)c2ccccc2)c1. The van der Waals surface area contributed by atoms with E-state index in [9.17, 15) is 18.0 Å². The van der Waals surface area contributed by atoms with Gasteiger partial charge in [-0.25, -0.2) is 8.42 Å². The predicted octanol–water partition coefficient (Wildman–Crippen LogP) is 1.49. The van der Waals surface area contributed by atoms with Gasteiger partial charge in [0, 0.05) is 26.2 Å². The second-order valence-corrected chi connectivity index (χ2v) is 8.55. The number of sulfonamides is 1. The first-order valence-electron chi connectivity index (χ1n) is 9.03. The Balaban J connectivity index is 1.89. The van der Waals surface area contributed by atoms with Gasteiger partial charge in [-0.15, -0.1) is 0 Å². The molecule has 1 aliphatic rings. The highest BCUT2D eigenvalue weighted by molar-refractivity contribution is 7.92. The molecule has 0 saturated carbocycles. The molecule has 1 saturated heterocycles. The normalized spacial score (nSPS) is 14.6. The van der Waals surface area contributed by atoms with Gasteiger partial charge < -0.3 is 9.80 Å². The summed E-state index contributed by atoms with van der Waals surface area (Å²) >= 11 is 0. The Kier molecular flexibility index (Phi) is 5.99. The Morgan fingerprint density at radius 2 is 1.71 bits per heavy atom. The van der Waals surface area contributed by atoms with Crippen LogP contribution in [0, 0.1) is 6.92 Å². The van der Waals surface area contributed by atoms with E-state index in [1.807, 2.05) is 13.0 Å². The van der Waals surface area contributed by atoms with Crippen molar-refractivity contribution in [2.75, 3.05) is 37.0 Å². The van der Waals surface area contributed by atoms with Crippen LogP contribution in [-0.4, -0.2) is 63.3 Å². The number of amides is 2. The summed E-state index contributed by atoms with van der Waals surface area (Å²) in [6, 6.07) is 15.2. The highest BCUT2D eigenvalue weighted by atomic mass is 32.2. The molecule has 0 spiro atoms. The van der Waals surface area contributed by atoms with Gasteiger partial charge in [-0.05, 0) is 36.8 Å². The van der Waals surface area contributed by atoms with E-state index in [2.05, 4.69) is 0 Å². The molecule has 1 heterocycles. The number of rotatable bonds is 6. The van der Waals surface area contributed by atoms with Gasteiger partial charge in [-0.3, -0.25) is 13.9 Å². The van der Waals surface area contributed by atoms with Gasteiger partial charge in [-0.2, -0.15) is 0 Å². The third kappa shape index (κ3) is 4.33. The highest BCUT2D eigenvalue weighted by Crippen LogP contribution is 2.24. The maximum Gasteiger partial charge on any atom is 0.264 e. The van der Waals surface area contributed by atoms with E-state index in [1.54, 1.807) is 46.2 Å². The summed E-state index contributed by atoms with van der Waals surface area (Å²) in [5, 5.41) is 0. The first kappa shape index (κ1) is 19.9. The third-order valence-corrected chi connectivity index (χ3v) is 6.50. The van der Waals surface area contributed by atoms with Crippen LogP contribution in [0.4, 0.5) is 5.69 Å². The lowest BCUT2D eigenvalue weighted by molar-refractivity contribution is -0.133. The van der Waals surface area contributed by atoms with Crippen molar-refractivity contribution in [3.8, 4) is 0 Å². The summed E-state index contributed by atoms with van der Waals surface area (Å²) in [5.41, 5.74) is 1.35. The molecule has 0 aromatic heterocycles. The largest absolute Gasteiger partial charge is 0.342 e. The molecule has 148 valence electrons. The van der Waals surface area contributed by atoms with E-state index >= 15 is 0 Å². The van der Waals surface area contributed by atoms with E-state index in [0.29, 0.717) is 31.9 Å². The molecule has 2 amide bonds. The minimum Gasteiger partial charge on any atom is -0.342 e. The Labute approximate surface area is 165 Å². The maximum absolute atomic E-state index is 13.3. The van der Waals surface area contributed by atoms with E-state index < -0.39 is 10.0 Å². The summed E-state index contributed by atoms with van der Waals surface area (Å²) in [4.78, 5) is 27.0. The second-order valence-electron chi connectivity index (χ2n) is 6.69. The smallest absolute Gasteiger partial charge is 0.264 e. The lowest BCUT2D eigenvalue weighted by atomic mass is 10.2. The van der Waals surface area contributed by atoms with Gasteiger partial charge in [0.1, 0.15) is 6.54 Å². The molecule has 0 unspecified atom stereocenters. The molecule has 0 radical (unpaired) electrons. The van der Waals surface area contributed by atoms with Crippen LogP contribution in [0.5, 0.6) is 0 Å². The zero-order chi connectivity index (χ0) is 20.1. The van der Waals surface area contributed by atoms with Crippen molar-refractivity contribution in [2.24, 2.45) is 0 Å². The number of nitrogens with zero attached hydrogens (tertiary/aromatic N) is 3. The Bertz CT molecular complexity index is 939. The average molecular weight is 401 g/mol. The molecule has 2 aromatic carbocycles. The fraction of sp³-hybridized carbons (Fsp3) is 0.300. The standard InChI is InChI=1S/C20H23N3O4S/c1-17-6-5-7-18(14-17)23(28(26,27)19-8-3-2-4-9-19)15-20(25)22-12-10-21(16-24)11-13-22/h2-9,14,16H,10-13,15H2,1H3. The summed E-state index contributed by atoms with van der Waals surface area (Å²) < 4.78 is 27.7. The number of piperazine rings is 1. The quantitative estimate of drug-likeness (QED) is 0.687. The number of hydrogen-bond donors (Lipinski definition) is 0. The molecule has 0 atom stereocenters. The van der Waals surface area contributed by atoms with Crippen LogP contribution >= 0.6 is 0 Å². The van der Waals surface area contributed by atoms with Crippen LogP contribution in [0.2, 0.25) is 0 Å². The average Bonchev–Trinajstić information content (AvgIpc) is 2.72. The van der Waals surface area contributed by atoms with Gasteiger partial charge in [0.25, 0.3) is 10.0 Å². The molecule has 0 aliphatic carbocycles. The van der Waals surface area contributed by atoms with Gasteiger partial charge in [0.15, 0.2) is 0 Å². The minimum absolute atomic E-state index is 0.134. The molecule has 28 heavy (non-hydrogen) atoms. The molecule has 8 heteroatoms. The molecule has 7 nitrogen and oxygen atoms in total. The van der Waals surface area contributed by atoms with Crippen LogP contribution < -0.4 is 4.31 Å². The minimum atomic E-state index is -3.90. The summed E-state index contributed by atoms with van der Waals surface area (Å²) in [5.74, 6) is -0.286. The zero-order valence-corrected chi connectivity index (χ0v) is 16.5. The molecule has 2 aromatic rings. The van der Waals surface area contributed by atoms with Crippen LogP contribution in [0.3, 0.4) is 0 Å². The summed E-state index contributed by atoms with van der Waals surface area (Å²) in [6.45, 7) is 3.27. The first-order chi connectivity index (χ1) is 13.4. The second kappa shape index (κ2) is 8.43.